The first-order valence-corrected chi connectivity index (χ1v) is 7.15. The molecule has 2 unspecified atom stereocenters. The van der Waals surface area contributed by atoms with Gasteiger partial charge in [0.25, 0.3) is 0 Å². The Hall–Kier alpha value is -1.57. The molecule has 0 spiro atoms. The minimum Gasteiger partial charge on any atom is -0.382 e. The van der Waals surface area contributed by atoms with Crippen LogP contribution >= 0.6 is 7.68 Å². The van der Waals surface area contributed by atoms with Crippen LogP contribution in [-0.2, 0) is 15.8 Å². The van der Waals surface area contributed by atoms with Gasteiger partial charge in [-0.1, -0.05) is 0 Å². The van der Waals surface area contributed by atoms with Crippen molar-refractivity contribution in [1.29, 1.82) is 0 Å². The number of aromatic nitrogens is 4. The third-order valence-corrected chi connectivity index (χ3v) is 2.87. The number of ether oxygens (including phenoxy) is 1. The number of nitrogens with two attached hydrogens (primary N) is 1. The van der Waals surface area contributed by atoms with Crippen LogP contribution in [0.3, 0.4) is 0 Å². The Bertz CT molecular complexity index is 627. The maximum Gasteiger partial charge on any atom is 0.389 e. The summed E-state index contributed by atoms with van der Waals surface area (Å²) in [4.78, 5) is 20.4. The summed E-state index contributed by atoms with van der Waals surface area (Å²) in [5.74, 6) is 0.265. The molecule has 0 aromatic carbocycles. The van der Waals surface area contributed by atoms with Gasteiger partial charge in [0.15, 0.2) is 17.8 Å². The van der Waals surface area contributed by atoms with Gasteiger partial charge < -0.3 is 19.9 Å². The summed E-state index contributed by atoms with van der Waals surface area (Å²) in [6.45, 7) is 1.94. The number of fused-ring (bicyclic) bond motifs is 1. The van der Waals surface area contributed by atoms with Gasteiger partial charge in [-0.15, -0.1) is 0 Å². The largest absolute Gasteiger partial charge is 0.389 e. The first-order valence-electron chi connectivity index (χ1n) is 5.41. The standard InChI is InChI=1S/C9H13FN5O3P/c1-6(18-5-19(10,16)17)2-15-4-14-7-8(11)12-3-13-9(7)15/h3-4,6H,2,5H2,1H3,(H,16,17)(H2,11,12,13). The van der Waals surface area contributed by atoms with E-state index < -0.39 is 20.1 Å². The molecule has 0 saturated heterocycles. The zero-order valence-corrected chi connectivity index (χ0v) is 11.0. The molecule has 0 radical (unpaired) electrons. The number of nitrogens with zero attached hydrogens (tertiary/aromatic N) is 4. The van der Waals surface area contributed by atoms with Crippen LogP contribution in [0.1, 0.15) is 6.92 Å². The molecule has 8 nitrogen and oxygen atoms in total. The number of hydrogen-bond donors (Lipinski definition) is 2. The normalized spacial score (nSPS) is 16.4. The SMILES string of the molecule is CC(Cn1cnc2c(N)ncnc21)OCP(=O)(O)F. The van der Waals surface area contributed by atoms with Crippen molar-refractivity contribution in [3.8, 4) is 0 Å². The van der Waals surface area contributed by atoms with Crippen LogP contribution in [-0.4, -0.2) is 36.9 Å². The van der Waals surface area contributed by atoms with Crippen molar-refractivity contribution in [3.63, 3.8) is 0 Å². The first kappa shape index (κ1) is 13.9. The molecule has 2 rings (SSSR count). The minimum atomic E-state index is -4.66. The number of hydrogen-bond acceptors (Lipinski definition) is 6. The van der Waals surface area contributed by atoms with Gasteiger partial charge in [0, 0.05) is 0 Å². The highest BCUT2D eigenvalue weighted by Gasteiger charge is 2.18. The molecule has 3 N–H and O–H groups in total. The summed E-state index contributed by atoms with van der Waals surface area (Å²) in [6, 6.07) is 0. The summed E-state index contributed by atoms with van der Waals surface area (Å²) >= 11 is 0. The molecule has 104 valence electrons. The van der Waals surface area contributed by atoms with E-state index in [0.29, 0.717) is 17.7 Å². The quantitative estimate of drug-likeness (QED) is 0.786. The Morgan fingerprint density at radius 2 is 2.32 bits per heavy atom. The lowest BCUT2D eigenvalue weighted by Gasteiger charge is -2.13. The van der Waals surface area contributed by atoms with E-state index in [2.05, 4.69) is 15.0 Å². The van der Waals surface area contributed by atoms with E-state index in [4.69, 9.17) is 15.4 Å². The molecule has 10 heteroatoms. The van der Waals surface area contributed by atoms with E-state index in [0.717, 1.165) is 0 Å². The lowest BCUT2D eigenvalue weighted by Crippen LogP contribution is -2.16. The molecule has 2 aromatic rings. The van der Waals surface area contributed by atoms with Crippen molar-refractivity contribution in [2.45, 2.75) is 19.6 Å². The van der Waals surface area contributed by atoms with E-state index in [-0.39, 0.29) is 5.82 Å². The molecule has 0 amide bonds. The molecular formula is C9H13FN5O3P. The topological polar surface area (TPSA) is 116 Å². The lowest BCUT2D eigenvalue weighted by atomic mass is 10.4. The van der Waals surface area contributed by atoms with Crippen LogP contribution in [0.4, 0.5) is 10.0 Å². The van der Waals surface area contributed by atoms with E-state index in [1.807, 2.05) is 0 Å². The van der Waals surface area contributed by atoms with Crippen LogP contribution in [0.25, 0.3) is 11.2 Å². The van der Waals surface area contributed by atoms with Crippen molar-refractivity contribution in [2.75, 3.05) is 12.1 Å². The second-order valence-corrected chi connectivity index (χ2v) is 5.54. The van der Waals surface area contributed by atoms with E-state index >= 15 is 0 Å². The summed E-state index contributed by atoms with van der Waals surface area (Å²) in [5.41, 5.74) is 6.63. The fourth-order valence-electron chi connectivity index (χ4n) is 1.58. The number of rotatable bonds is 5. The van der Waals surface area contributed by atoms with Gasteiger partial charge >= 0.3 is 7.68 Å². The van der Waals surface area contributed by atoms with Gasteiger partial charge in [-0.25, -0.2) is 15.0 Å². The second-order valence-electron chi connectivity index (χ2n) is 4.05. The molecule has 0 aliphatic heterocycles. The highest BCUT2D eigenvalue weighted by Crippen LogP contribution is 2.42. The zero-order chi connectivity index (χ0) is 14.0. The van der Waals surface area contributed by atoms with E-state index in [1.165, 1.54) is 12.7 Å². The molecule has 2 heterocycles. The first-order chi connectivity index (χ1) is 8.87. The van der Waals surface area contributed by atoms with E-state index in [1.54, 1.807) is 11.5 Å². The molecule has 0 aliphatic carbocycles. The molecule has 0 saturated carbocycles. The van der Waals surface area contributed by atoms with E-state index in [9.17, 15) is 8.76 Å². The molecular weight excluding hydrogens is 276 g/mol. The Kier molecular flexibility index (Phi) is 3.79. The average Bonchev–Trinajstić information content (AvgIpc) is 2.71. The van der Waals surface area contributed by atoms with Crippen LogP contribution in [0, 0.1) is 0 Å². The minimum absolute atomic E-state index is 0.265. The highest BCUT2D eigenvalue weighted by molar-refractivity contribution is 7.52. The number of nitrogen functional groups attached to an aromatic ring is 1. The predicted octanol–water partition coefficient (Wildman–Crippen LogP) is 0.926. The van der Waals surface area contributed by atoms with Crippen LogP contribution < -0.4 is 5.73 Å². The number of imidazole rings is 1. The van der Waals surface area contributed by atoms with Crippen molar-refractivity contribution < 1.29 is 18.4 Å². The number of halogens is 1. The Labute approximate surface area is 108 Å². The summed E-state index contributed by atoms with van der Waals surface area (Å²) in [5, 5.41) is 0. The summed E-state index contributed by atoms with van der Waals surface area (Å²) in [6.07, 6.45) is 1.50. The molecule has 2 atom stereocenters. The Morgan fingerprint density at radius 1 is 1.58 bits per heavy atom. The molecule has 0 aliphatic rings. The molecule has 19 heavy (non-hydrogen) atoms. The Balaban J connectivity index is 2.09. The maximum absolute atomic E-state index is 12.5. The van der Waals surface area contributed by atoms with Gasteiger partial charge in [-0.05, 0) is 6.92 Å². The van der Waals surface area contributed by atoms with Gasteiger partial charge in [-0.2, -0.15) is 4.20 Å². The van der Waals surface area contributed by atoms with Gasteiger partial charge in [0.1, 0.15) is 11.8 Å². The maximum atomic E-state index is 12.5. The van der Waals surface area contributed by atoms with Crippen molar-refractivity contribution in [2.24, 2.45) is 0 Å². The zero-order valence-electron chi connectivity index (χ0n) is 10.1. The predicted molar refractivity (Wildman–Crippen MR) is 66.1 cm³/mol. The van der Waals surface area contributed by atoms with Crippen molar-refractivity contribution >= 4 is 24.7 Å². The van der Waals surface area contributed by atoms with Gasteiger partial charge in [0.05, 0.1) is 19.0 Å². The van der Waals surface area contributed by atoms with Crippen molar-refractivity contribution in [3.05, 3.63) is 12.7 Å². The monoisotopic (exact) mass is 289 g/mol. The number of anilines is 1. The van der Waals surface area contributed by atoms with Crippen LogP contribution in [0.2, 0.25) is 0 Å². The highest BCUT2D eigenvalue weighted by atomic mass is 31.2. The lowest BCUT2D eigenvalue weighted by molar-refractivity contribution is 0.0793. The average molecular weight is 289 g/mol. The van der Waals surface area contributed by atoms with Gasteiger partial charge in [0.2, 0.25) is 0 Å². The molecule has 0 fully saturated rings. The fourth-order valence-corrected chi connectivity index (χ4v) is 2.02. The third kappa shape index (κ3) is 3.46. The molecule has 2 aromatic heterocycles. The fraction of sp³-hybridized carbons (Fsp3) is 0.444. The van der Waals surface area contributed by atoms with Crippen LogP contribution in [0.15, 0.2) is 12.7 Å². The smallest absolute Gasteiger partial charge is 0.382 e. The van der Waals surface area contributed by atoms with Gasteiger partial charge in [-0.3, -0.25) is 4.57 Å². The summed E-state index contributed by atoms with van der Waals surface area (Å²) < 4.78 is 29.5. The Morgan fingerprint density at radius 3 is 3.00 bits per heavy atom. The summed E-state index contributed by atoms with van der Waals surface area (Å²) in [7, 11) is -4.66. The third-order valence-electron chi connectivity index (χ3n) is 2.40. The molecule has 0 bridgehead atoms. The second kappa shape index (κ2) is 5.20. The van der Waals surface area contributed by atoms with Crippen molar-refractivity contribution in [1.82, 2.24) is 19.5 Å². The van der Waals surface area contributed by atoms with Crippen LogP contribution in [0.5, 0.6) is 0 Å².